The van der Waals surface area contributed by atoms with Gasteiger partial charge in [0.05, 0.1) is 24.4 Å². The smallest absolute Gasteiger partial charge is 0.255 e. The van der Waals surface area contributed by atoms with Crippen LogP contribution in [-0.4, -0.2) is 23.1 Å². The number of benzene rings is 1. The van der Waals surface area contributed by atoms with Gasteiger partial charge in [0.25, 0.3) is 5.91 Å². The van der Waals surface area contributed by atoms with Crippen LogP contribution >= 0.6 is 0 Å². The zero-order valence-electron chi connectivity index (χ0n) is 13.1. The van der Waals surface area contributed by atoms with E-state index in [1.54, 1.807) is 37.4 Å². The SMILES string of the molecule is COCc1ccc(C(=O)NCc2cc3ccc(O)cc3o2)c(N)n1. The quantitative estimate of drug-likeness (QED) is 0.662. The third-order valence-electron chi connectivity index (χ3n) is 3.50. The predicted molar refractivity (Wildman–Crippen MR) is 88.4 cm³/mol. The first kappa shape index (κ1) is 15.8. The third-order valence-corrected chi connectivity index (χ3v) is 3.50. The first-order chi connectivity index (χ1) is 11.6. The number of hydrogen-bond acceptors (Lipinski definition) is 6. The summed E-state index contributed by atoms with van der Waals surface area (Å²) in [7, 11) is 1.56. The summed E-state index contributed by atoms with van der Waals surface area (Å²) >= 11 is 0. The van der Waals surface area contributed by atoms with Crippen LogP contribution in [0.2, 0.25) is 0 Å². The highest BCUT2D eigenvalue weighted by atomic mass is 16.5. The van der Waals surface area contributed by atoms with Crippen molar-refractivity contribution in [3.8, 4) is 5.75 Å². The van der Waals surface area contributed by atoms with Gasteiger partial charge in [0, 0.05) is 18.6 Å². The normalized spacial score (nSPS) is 10.9. The second-order valence-electron chi connectivity index (χ2n) is 5.29. The number of nitrogens with two attached hydrogens (primary N) is 1. The van der Waals surface area contributed by atoms with Gasteiger partial charge in [-0.05, 0) is 30.3 Å². The number of anilines is 1. The zero-order chi connectivity index (χ0) is 17.1. The lowest BCUT2D eigenvalue weighted by Gasteiger charge is -2.07. The van der Waals surface area contributed by atoms with Crippen molar-refractivity contribution in [2.24, 2.45) is 0 Å². The fourth-order valence-electron chi connectivity index (χ4n) is 2.36. The molecule has 0 saturated heterocycles. The lowest BCUT2D eigenvalue weighted by molar-refractivity contribution is 0.0948. The van der Waals surface area contributed by atoms with E-state index in [4.69, 9.17) is 14.9 Å². The Balaban J connectivity index is 1.70. The molecular weight excluding hydrogens is 310 g/mol. The number of furan rings is 1. The van der Waals surface area contributed by atoms with Gasteiger partial charge in [-0.1, -0.05) is 0 Å². The molecule has 7 nitrogen and oxygen atoms in total. The van der Waals surface area contributed by atoms with Gasteiger partial charge in [-0.15, -0.1) is 0 Å². The van der Waals surface area contributed by atoms with Crippen LogP contribution in [0.25, 0.3) is 11.0 Å². The molecule has 24 heavy (non-hydrogen) atoms. The lowest BCUT2D eigenvalue weighted by Crippen LogP contribution is -2.24. The van der Waals surface area contributed by atoms with Crippen molar-refractivity contribution in [2.75, 3.05) is 12.8 Å². The van der Waals surface area contributed by atoms with Gasteiger partial charge in [0.1, 0.15) is 22.9 Å². The van der Waals surface area contributed by atoms with Gasteiger partial charge in [-0.2, -0.15) is 0 Å². The second kappa shape index (κ2) is 6.59. The molecule has 0 spiro atoms. The van der Waals surface area contributed by atoms with E-state index in [9.17, 15) is 9.90 Å². The van der Waals surface area contributed by atoms with Gasteiger partial charge in [-0.25, -0.2) is 4.98 Å². The van der Waals surface area contributed by atoms with E-state index in [2.05, 4.69) is 10.3 Å². The number of methoxy groups -OCH3 is 1. The second-order valence-corrected chi connectivity index (χ2v) is 5.29. The predicted octanol–water partition coefficient (Wildman–Crippen LogP) is 2.19. The Morgan fingerprint density at radius 2 is 2.17 bits per heavy atom. The largest absolute Gasteiger partial charge is 0.508 e. The number of ether oxygens (including phenoxy) is 1. The summed E-state index contributed by atoms with van der Waals surface area (Å²) in [5.74, 6) is 0.512. The van der Waals surface area contributed by atoms with Crippen LogP contribution in [0.5, 0.6) is 5.75 Å². The van der Waals surface area contributed by atoms with Crippen LogP contribution in [0.3, 0.4) is 0 Å². The molecule has 0 aliphatic rings. The highest BCUT2D eigenvalue weighted by Gasteiger charge is 2.12. The Bertz CT molecular complexity index is 889. The van der Waals surface area contributed by atoms with Crippen LogP contribution in [0.4, 0.5) is 5.82 Å². The number of nitrogen functional groups attached to an aromatic ring is 1. The maximum absolute atomic E-state index is 12.2. The van der Waals surface area contributed by atoms with E-state index in [1.165, 1.54) is 6.07 Å². The van der Waals surface area contributed by atoms with E-state index in [-0.39, 0.29) is 24.0 Å². The van der Waals surface area contributed by atoms with Crippen molar-refractivity contribution >= 4 is 22.7 Å². The standard InChI is InChI=1S/C17H17N3O4/c1-23-9-11-3-5-14(16(18)20-11)17(22)19-8-13-6-10-2-4-12(21)7-15(10)24-13/h2-7,21H,8-9H2,1H3,(H2,18,20)(H,19,22). The number of phenolic OH excluding ortho intramolecular Hbond substituents is 1. The molecule has 1 amide bonds. The minimum absolute atomic E-state index is 0.127. The summed E-state index contributed by atoms with van der Waals surface area (Å²) in [6.45, 7) is 0.533. The van der Waals surface area contributed by atoms with Crippen molar-refractivity contribution in [1.29, 1.82) is 0 Å². The molecule has 0 bridgehead atoms. The summed E-state index contributed by atoms with van der Waals surface area (Å²) in [5, 5.41) is 13.0. The van der Waals surface area contributed by atoms with Crippen LogP contribution in [0.1, 0.15) is 21.8 Å². The molecule has 2 heterocycles. The zero-order valence-corrected chi connectivity index (χ0v) is 13.1. The number of carbonyl (C=O) groups excluding carboxylic acids is 1. The van der Waals surface area contributed by atoms with Gasteiger partial charge in [0.15, 0.2) is 0 Å². The first-order valence-corrected chi connectivity index (χ1v) is 7.31. The molecule has 0 fully saturated rings. The number of aromatic hydroxyl groups is 1. The molecule has 0 radical (unpaired) electrons. The van der Waals surface area contributed by atoms with E-state index in [0.717, 1.165) is 5.39 Å². The van der Waals surface area contributed by atoms with Crippen molar-refractivity contribution in [3.63, 3.8) is 0 Å². The summed E-state index contributed by atoms with van der Waals surface area (Å²) in [5.41, 5.74) is 7.33. The van der Waals surface area contributed by atoms with Crippen molar-refractivity contribution in [1.82, 2.24) is 10.3 Å². The van der Waals surface area contributed by atoms with E-state index < -0.39 is 0 Å². The Morgan fingerprint density at radius 3 is 2.92 bits per heavy atom. The Morgan fingerprint density at radius 1 is 1.33 bits per heavy atom. The molecule has 7 heteroatoms. The maximum atomic E-state index is 12.2. The fraction of sp³-hybridized carbons (Fsp3) is 0.176. The molecule has 0 unspecified atom stereocenters. The molecule has 4 N–H and O–H groups in total. The molecule has 1 aromatic carbocycles. The highest BCUT2D eigenvalue weighted by molar-refractivity contribution is 5.98. The number of nitrogens with one attached hydrogen (secondary N) is 1. The van der Waals surface area contributed by atoms with Crippen LogP contribution < -0.4 is 11.1 Å². The van der Waals surface area contributed by atoms with Gasteiger partial charge in [-0.3, -0.25) is 4.79 Å². The molecule has 124 valence electrons. The first-order valence-electron chi connectivity index (χ1n) is 7.31. The van der Waals surface area contributed by atoms with Crippen LogP contribution in [-0.2, 0) is 17.9 Å². The van der Waals surface area contributed by atoms with Gasteiger partial charge < -0.3 is 25.3 Å². The topological polar surface area (TPSA) is 111 Å². The molecule has 0 aliphatic carbocycles. The van der Waals surface area contributed by atoms with E-state index in [1.807, 2.05) is 0 Å². The number of amides is 1. The monoisotopic (exact) mass is 327 g/mol. The summed E-state index contributed by atoms with van der Waals surface area (Å²) in [6.07, 6.45) is 0. The Hall–Kier alpha value is -3.06. The lowest BCUT2D eigenvalue weighted by atomic mass is 10.2. The maximum Gasteiger partial charge on any atom is 0.255 e. The number of fused-ring (bicyclic) bond motifs is 1. The van der Waals surface area contributed by atoms with Crippen LogP contribution in [0, 0.1) is 0 Å². The molecule has 0 saturated carbocycles. The number of phenols is 1. The summed E-state index contributed by atoms with van der Waals surface area (Å²) in [6, 6.07) is 9.96. The number of aromatic nitrogens is 1. The third kappa shape index (κ3) is 3.31. The Labute approximate surface area is 138 Å². The molecule has 3 aromatic rings. The minimum atomic E-state index is -0.340. The summed E-state index contributed by atoms with van der Waals surface area (Å²) in [4.78, 5) is 16.4. The number of carbonyl (C=O) groups is 1. The van der Waals surface area contributed by atoms with Crippen LogP contribution in [0.15, 0.2) is 40.8 Å². The van der Waals surface area contributed by atoms with Gasteiger partial charge in [0.2, 0.25) is 0 Å². The molecular formula is C17H17N3O4. The number of rotatable bonds is 5. The number of nitrogens with zero attached hydrogens (tertiary/aromatic N) is 1. The van der Waals surface area contributed by atoms with E-state index in [0.29, 0.717) is 29.2 Å². The van der Waals surface area contributed by atoms with Gasteiger partial charge >= 0.3 is 0 Å². The average Bonchev–Trinajstić information content (AvgIpc) is 2.95. The van der Waals surface area contributed by atoms with Crippen molar-refractivity contribution in [3.05, 3.63) is 53.4 Å². The fourth-order valence-corrected chi connectivity index (χ4v) is 2.36. The number of hydrogen-bond donors (Lipinski definition) is 3. The van der Waals surface area contributed by atoms with Crippen molar-refractivity contribution in [2.45, 2.75) is 13.2 Å². The molecule has 0 aliphatic heterocycles. The molecule has 3 rings (SSSR count). The average molecular weight is 327 g/mol. The minimum Gasteiger partial charge on any atom is -0.508 e. The Kier molecular flexibility index (Phi) is 4.35. The van der Waals surface area contributed by atoms with Crippen molar-refractivity contribution < 1.29 is 19.1 Å². The molecule has 0 atom stereocenters. The molecule has 2 aromatic heterocycles. The summed E-state index contributed by atoms with van der Waals surface area (Å²) < 4.78 is 10.6. The highest BCUT2D eigenvalue weighted by Crippen LogP contribution is 2.23. The number of pyridine rings is 1. The van der Waals surface area contributed by atoms with E-state index >= 15 is 0 Å².